The Labute approximate surface area is 210 Å². The molecule has 0 radical (unpaired) electrons. The van der Waals surface area contributed by atoms with Crippen LogP contribution >= 0.6 is 11.6 Å². The highest BCUT2D eigenvalue weighted by molar-refractivity contribution is 7.89. The third-order valence-electron chi connectivity index (χ3n) is 5.97. The molecular weight excluding hydrogens is 488 g/mol. The zero-order chi connectivity index (χ0) is 24.8. The number of halogens is 1. The maximum absolute atomic E-state index is 13.4. The molecule has 0 atom stereocenters. The number of hydrogen-bond acceptors (Lipinski definition) is 8. The molecule has 3 heterocycles. The van der Waals surface area contributed by atoms with E-state index >= 15 is 0 Å². The zero-order valence-corrected chi connectivity index (χ0v) is 21.0. The molecule has 0 spiro atoms. The van der Waals surface area contributed by atoms with Gasteiger partial charge in [-0.15, -0.1) is 0 Å². The Morgan fingerprint density at radius 3 is 2.60 bits per heavy atom. The highest BCUT2D eigenvalue weighted by Gasteiger charge is 2.31. The molecule has 184 valence electrons. The van der Waals surface area contributed by atoms with Crippen LogP contribution in [0.1, 0.15) is 18.4 Å². The fourth-order valence-electron chi connectivity index (χ4n) is 4.07. The van der Waals surface area contributed by atoms with Gasteiger partial charge >= 0.3 is 0 Å². The number of piperidine rings is 1. The van der Waals surface area contributed by atoms with Gasteiger partial charge in [0.1, 0.15) is 0 Å². The van der Waals surface area contributed by atoms with Gasteiger partial charge in [0, 0.05) is 58.4 Å². The van der Waals surface area contributed by atoms with Gasteiger partial charge in [0.05, 0.1) is 28.7 Å². The van der Waals surface area contributed by atoms with E-state index in [0.717, 1.165) is 25.9 Å². The summed E-state index contributed by atoms with van der Waals surface area (Å²) >= 11 is 6.26. The van der Waals surface area contributed by atoms with E-state index in [2.05, 4.69) is 25.2 Å². The second kappa shape index (κ2) is 11.0. The number of sulfonamides is 1. The molecule has 1 fully saturated rings. The van der Waals surface area contributed by atoms with Crippen molar-refractivity contribution in [1.29, 1.82) is 5.26 Å². The number of anilines is 2. The summed E-state index contributed by atoms with van der Waals surface area (Å²) in [6, 6.07) is 8.81. The summed E-state index contributed by atoms with van der Waals surface area (Å²) in [5.74, 6) is 0.902. The molecule has 0 amide bonds. The van der Waals surface area contributed by atoms with Gasteiger partial charge in [0.25, 0.3) is 10.0 Å². The molecule has 2 aromatic heterocycles. The first-order chi connectivity index (χ1) is 16.9. The van der Waals surface area contributed by atoms with E-state index in [0.29, 0.717) is 35.3 Å². The maximum atomic E-state index is 13.4. The third kappa shape index (κ3) is 6.08. The Bertz CT molecular complexity index is 1280. The Kier molecular flexibility index (Phi) is 7.85. The molecule has 1 aliphatic heterocycles. The first-order valence-electron chi connectivity index (χ1n) is 11.3. The van der Waals surface area contributed by atoms with Crippen LogP contribution in [0.2, 0.25) is 5.02 Å². The summed E-state index contributed by atoms with van der Waals surface area (Å²) in [5.41, 5.74) is 1.11. The van der Waals surface area contributed by atoms with E-state index in [9.17, 15) is 8.42 Å². The van der Waals surface area contributed by atoms with Gasteiger partial charge in [-0.3, -0.25) is 0 Å². The van der Waals surface area contributed by atoms with Gasteiger partial charge in [-0.05, 0) is 43.0 Å². The fourth-order valence-corrected chi connectivity index (χ4v) is 5.80. The highest BCUT2D eigenvalue weighted by Crippen LogP contribution is 2.25. The van der Waals surface area contributed by atoms with E-state index in [1.807, 2.05) is 6.07 Å². The second-order valence-electron chi connectivity index (χ2n) is 8.45. The molecule has 10 nitrogen and oxygen atoms in total. The van der Waals surface area contributed by atoms with Gasteiger partial charge in [0.15, 0.2) is 5.03 Å². The number of nitrogens with one attached hydrogen (secondary N) is 1. The van der Waals surface area contributed by atoms with Crippen molar-refractivity contribution >= 4 is 33.3 Å². The van der Waals surface area contributed by atoms with E-state index in [1.54, 1.807) is 48.3 Å². The molecule has 0 saturated carbocycles. The lowest BCUT2D eigenvalue weighted by Crippen LogP contribution is -2.43. The molecule has 4 rings (SSSR count). The lowest BCUT2D eigenvalue weighted by molar-refractivity contribution is 0.304. The van der Waals surface area contributed by atoms with E-state index < -0.39 is 10.0 Å². The molecule has 12 heteroatoms. The number of aromatic nitrogens is 4. The number of aryl methyl sites for hydroxylation is 1. The minimum Gasteiger partial charge on any atom is -0.383 e. The number of rotatable bonds is 9. The minimum absolute atomic E-state index is 0.0338. The first kappa shape index (κ1) is 24.9. The second-order valence-corrected chi connectivity index (χ2v) is 10.7. The summed E-state index contributed by atoms with van der Waals surface area (Å²) < 4.78 is 30.0. The molecule has 1 saturated heterocycles. The predicted octanol–water partition coefficient (Wildman–Crippen LogP) is 2.75. The van der Waals surface area contributed by atoms with E-state index in [-0.39, 0.29) is 17.5 Å². The average Bonchev–Trinajstić information content (AvgIpc) is 3.32. The Balaban J connectivity index is 1.43. The van der Waals surface area contributed by atoms with Gasteiger partial charge in [0.2, 0.25) is 5.95 Å². The van der Waals surface area contributed by atoms with Gasteiger partial charge in [-0.2, -0.15) is 9.57 Å². The van der Waals surface area contributed by atoms with Crippen LogP contribution in [0, 0.1) is 17.2 Å². The van der Waals surface area contributed by atoms with E-state index in [4.69, 9.17) is 16.9 Å². The van der Waals surface area contributed by atoms with E-state index in [1.165, 1.54) is 16.8 Å². The number of nitrogens with zero attached hydrogens (tertiary/aromatic N) is 7. The molecule has 35 heavy (non-hydrogen) atoms. The standard InChI is InChI=1S/C23H27ClN8O2S/c1-30-16-22(29-17-30)35(33,34)32(12-9-26-21-4-3-19(14-25)13-20(21)24)15-18-5-10-31(11-6-18)23-27-7-2-8-28-23/h2-4,7-8,13,16-18,26H,5-6,9-12,15H2,1H3. The van der Waals surface area contributed by atoms with Crippen molar-refractivity contribution in [3.05, 3.63) is 59.8 Å². The van der Waals surface area contributed by atoms with Crippen LogP contribution in [-0.2, 0) is 17.1 Å². The summed E-state index contributed by atoms with van der Waals surface area (Å²) in [7, 11) is -2.03. The Morgan fingerprint density at radius 2 is 1.97 bits per heavy atom. The fraction of sp³-hybridized carbons (Fsp3) is 0.391. The number of nitriles is 1. The predicted molar refractivity (Wildman–Crippen MR) is 134 cm³/mol. The smallest absolute Gasteiger partial charge is 0.262 e. The third-order valence-corrected chi connectivity index (χ3v) is 8.04. The summed E-state index contributed by atoms with van der Waals surface area (Å²) in [6.45, 7) is 2.54. The van der Waals surface area contributed by atoms with Gasteiger partial charge in [-0.1, -0.05) is 11.6 Å². The molecule has 1 aliphatic rings. The topological polar surface area (TPSA) is 120 Å². The maximum Gasteiger partial charge on any atom is 0.262 e. The summed E-state index contributed by atoms with van der Waals surface area (Å²) in [4.78, 5) is 14.9. The highest BCUT2D eigenvalue weighted by atomic mass is 35.5. The molecule has 0 unspecified atom stereocenters. The quantitative estimate of drug-likeness (QED) is 0.463. The molecule has 1 N–H and O–H groups in total. The van der Waals surface area contributed by atoms with Crippen molar-refractivity contribution < 1.29 is 8.42 Å². The number of hydrogen-bond donors (Lipinski definition) is 1. The monoisotopic (exact) mass is 514 g/mol. The molecule has 3 aromatic rings. The van der Waals surface area contributed by atoms with Crippen molar-refractivity contribution in [1.82, 2.24) is 23.8 Å². The van der Waals surface area contributed by atoms with Gasteiger partial charge in [-0.25, -0.2) is 23.4 Å². The van der Waals surface area contributed by atoms with Gasteiger partial charge < -0.3 is 14.8 Å². The lowest BCUT2D eigenvalue weighted by atomic mass is 9.97. The molecular formula is C23H27ClN8O2S. The zero-order valence-electron chi connectivity index (χ0n) is 19.4. The number of imidazole rings is 1. The molecule has 1 aromatic carbocycles. The lowest BCUT2D eigenvalue weighted by Gasteiger charge is -2.34. The first-order valence-corrected chi connectivity index (χ1v) is 13.1. The van der Waals surface area contributed by atoms with Crippen LogP contribution in [0.25, 0.3) is 0 Å². The van der Waals surface area contributed by atoms with Crippen LogP contribution in [0.4, 0.5) is 11.6 Å². The van der Waals surface area contributed by atoms with Crippen LogP contribution in [0.5, 0.6) is 0 Å². The van der Waals surface area contributed by atoms with Crippen LogP contribution in [0.15, 0.2) is 54.2 Å². The van der Waals surface area contributed by atoms with Crippen molar-refractivity contribution in [2.75, 3.05) is 42.9 Å². The Morgan fingerprint density at radius 1 is 1.23 bits per heavy atom. The van der Waals surface area contributed by atoms with Crippen LogP contribution in [-0.4, -0.2) is 65.0 Å². The summed E-state index contributed by atoms with van der Waals surface area (Å²) in [6.07, 6.45) is 8.12. The van der Waals surface area contributed by atoms with Crippen LogP contribution in [0.3, 0.4) is 0 Å². The SMILES string of the molecule is Cn1cnc(S(=O)(=O)N(CCNc2ccc(C#N)cc2Cl)CC2CCN(c3ncccn3)CC2)c1. The normalized spacial score (nSPS) is 14.7. The summed E-state index contributed by atoms with van der Waals surface area (Å²) in [5, 5.41) is 12.7. The average molecular weight is 515 g/mol. The van der Waals surface area contributed by atoms with Crippen molar-refractivity contribution in [3.8, 4) is 6.07 Å². The van der Waals surface area contributed by atoms with Crippen molar-refractivity contribution in [2.24, 2.45) is 13.0 Å². The van der Waals surface area contributed by atoms with Crippen molar-refractivity contribution in [3.63, 3.8) is 0 Å². The largest absolute Gasteiger partial charge is 0.383 e. The molecule has 0 aliphatic carbocycles. The van der Waals surface area contributed by atoms with Crippen molar-refractivity contribution in [2.45, 2.75) is 17.9 Å². The van der Waals surface area contributed by atoms with Crippen LogP contribution < -0.4 is 10.2 Å². The Hall–Kier alpha value is -3.20. The minimum atomic E-state index is -3.77. The molecule has 0 bridgehead atoms. The number of benzene rings is 1.